The van der Waals surface area contributed by atoms with Gasteiger partial charge in [0.25, 0.3) is 0 Å². The summed E-state index contributed by atoms with van der Waals surface area (Å²) in [6.45, 7) is 3.19. The number of fused-ring (bicyclic) bond motifs is 1. The summed E-state index contributed by atoms with van der Waals surface area (Å²) in [5.74, 6) is 2.35. The van der Waals surface area contributed by atoms with Crippen LogP contribution in [-0.2, 0) is 14.8 Å². The van der Waals surface area contributed by atoms with Gasteiger partial charge in [-0.25, -0.2) is 13.4 Å². The fraction of sp³-hybridized carbons (Fsp3) is 0.391. The molecule has 2 aromatic heterocycles. The molecule has 3 aromatic rings. The zero-order valence-electron chi connectivity index (χ0n) is 19.0. The van der Waals surface area contributed by atoms with Crippen LogP contribution in [0, 0.1) is 0 Å². The summed E-state index contributed by atoms with van der Waals surface area (Å²) in [5, 5.41) is 0.873. The molecule has 1 aliphatic heterocycles. The van der Waals surface area contributed by atoms with Gasteiger partial charge in [0.1, 0.15) is 12.1 Å². The van der Waals surface area contributed by atoms with E-state index in [4.69, 9.17) is 4.74 Å². The average molecular weight is 472 g/mol. The quantitative estimate of drug-likeness (QED) is 0.486. The Morgan fingerprint density at radius 1 is 1.33 bits per heavy atom. The number of pyridine rings is 1. The van der Waals surface area contributed by atoms with Crippen molar-refractivity contribution in [2.75, 3.05) is 41.0 Å². The predicted molar refractivity (Wildman–Crippen MR) is 131 cm³/mol. The normalized spacial score (nSPS) is 18.8. The topological polar surface area (TPSA) is 108 Å². The lowest BCUT2D eigenvalue weighted by molar-refractivity contribution is -0.109. The summed E-state index contributed by atoms with van der Waals surface area (Å²) in [5.41, 5.74) is 1.38. The van der Waals surface area contributed by atoms with Crippen LogP contribution >= 0.6 is 0 Å². The van der Waals surface area contributed by atoms with Crippen molar-refractivity contribution in [1.82, 2.24) is 9.97 Å². The summed E-state index contributed by atoms with van der Waals surface area (Å²) in [6.07, 6.45) is 5.36. The lowest BCUT2D eigenvalue weighted by Crippen LogP contribution is -2.50. The van der Waals surface area contributed by atoms with Crippen molar-refractivity contribution < 1.29 is 17.9 Å². The highest BCUT2D eigenvalue weighted by atomic mass is 32.2. The van der Waals surface area contributed by atoms with E-state index in [-0.39, 0.29) is 12.1 Å². The van der Waals surface area contributed by atoms with E-state index in [1.165, 1.54) is 0 Å². The first-order valence-corrected chi connectivity index (χ1v) is 12.8. The Morgan fingerprint density at radius 3 is 2.88 bits per heavy atom. The molecule has 33 heavy (non-hydrogen) atoms. The average Bonchev–Trinajstić information content (AvgIpc) is 3.21. The van der Waals surface area contributed by atoms with Gasteiger partial charge < -0.3 is 24.3 Å². The zero-order valence-corrected chi connectivity index (χ0v) is 19.8. The Kier molecular flexibility index (Phi) is 6.46. The summed E-state index contributed by atoms with van der Waals surface area (Å²) in [4.78, 5) is 24.1. The number of aldehydes is 1. The molecular formula is C23H29N5O4S. The Bertz CT molecular complexity index is 1240. The second kappa shape index (κ2) is 9.30. The van der Waals surface area contributed by atoms with Gasteiger partial charge in [0.05, 0.1) is 18.9 Å². The van der Waals surface area contributed by atoms with E-state index >= 15 is 0 Å². The van der Waals surface area contributed by atoms with E-state index in [0.29, 0.717) is 25.3 Å². The maximum atomic E-state index is 12.1. The molecule has 176 valence electrons. The Morgan fingerprint density at radius 2 is 2.15 bits per heavy atom. The third kappa shape index (κ3) is 5.05. The fourth-order valence-corrected chi connectivity index (χ4v) is 4.95. The van der Waals surface area contributed by atoms with Crippen LogP contribution in [0.2, 0.25) is 0 Å². The van der Waals surface area contributed by atoms with Crippen LogP contribution in [0.4, 0.5) is 17.3 Å². The van der Waals surface area contributed by atoms with E-state index < -0.39 is 10.0 Å². The summed E-state index contributed by atoms with van der Waals surface area (Å²) < 4.78 is 31.3. The number of hydrogen-bond donors (Lipinski definition) is 2. The van der Waals surface area contributed by atoms with Crippen molar-refractivity contribution in [2.45, 2.75) is 31.8 Å². The molecule has 0 aliphatic carbocycles. The Balaban J connectivity index is 1.53. The van der Waals surface area contributed by atoms with Gasteiger partial charge in [0.15, 0.2) is 11.6 Å². The lowest BCUT2D eigenvalue weighted by atomic mass is 9.96. The molecule has 2 atom stereocenters. The van der Waals surface area contributed by atoms with E-state index in [9.17, 15) is 13.2 Å². The number of nitrogens with zero attached hydrogens (tertiary/aromatic N) is 3. The zero-order chi connectivity index (χ0) is 23.6. The van der Waals surface area contributed by atoms with Crippen LogP contribution in [0.1, 0.15) is 19.8 Å². The number of carbonyl (C=O) groups excluding carboxylic acids is 1. The van der Waals surface area contributed by atoms with Crippen LogP contribution in [0.15, 0.2) is 42.6 Å². The third-order valence-corrected chi connectivity index (χ3v) is 6.53. The molecule has 1 saturated heterocycles. The van der Waals surface area contributed by atoms with E-state index in [1.807, 2.05) is 38.2 Å². The maximum Gasteiger partial charge on any atom is 0.229 e. The highest BCUT2D eigenvalue weighted by Gasteiger charge is 2.32. The number of ether oxygens (including phenoxy) is 1. The first-order valence-electron chi connectivity index (χ1n) is 10.9. The molecule has 0 bridgehead atoms. The number of anilines is 3. The Hall–Kier alpha value is -3.27. The van der Waals surface area contributed by atoms with Crippen molar-refractivity contribution >= 4 is 44.5 Å². The second-order valence-electron chi connectivity index (χ2n) is 8.27. The van der Waals surface area contributed by atoms with Crippen molar-refractivity contribution in [3.8, 4) is 5.75 Å². The molecule has 0 amide bonds. The van der Waals surface area contributed by atoms with Crippen molar-refractivity contribution in [3.05, 3.63) is 42.6 Å². The number of aromatic nitrogens is 2. The number of H-pyrrole nitrogens is 1. The molecule has 9 nitrogen and oxygen atoms in total. The van der Waals surface area contributed by atoms with E-state index in [2.05, 4.69) is 24.5 Å². The number of aromatic amines is 1. The number of sulfonamides is 1. The number of nitrogens with one attached hydrogen (secondary N) is 2. The lowest BCUT2D eigenvalue weighted by Gasteiger charge is -2.41. The number of hydrogen-bond acceptors (Lipinski definition) is 7. The van der Waals surface area contributed by atoms with Gasteiger partial charge in [-0.15, -0.1) is 0 Å². The number of piperidine rings is 1. The van der Waals surface area contributed by atoms with Gasteiger partial charge >= 0.3 is 0 Å². The molecule has 3 heterocycles. The number of benzene rings is 1. The standard InChI is InChI=1S/C23H29N5O4S/c1-4-32-21-6-5-10-24-23(21)27(2)18-9-11-28(19(14-18)15-29)22-13-16-12-17(26-33(3,30)31)7-8-20(16)25-22/h5-8,10,12-13,15,18-19,25-26H,4,9,11,14H2,1-3H3. The smallest absolute Gasteiger partial charge is 0.229 e. The first kappa shape index (κ1) is 22.9. The summed E-state index contributed by atoms with van der Waals surface area (Å²) in [7, 11) is -1.36. The highest BCUT2D eigenvalue weighted by Crippen LogP contribution is 2.33. The minimum atomic E-state index is -3.35. The number of rotatable bonds is 8. The first-order chi connectivity index (χ1) is 15.8. The molecule has 4 rings (SSSR count). The van der Waals surface area contributed by atoms with Crippen molar-refractivity contribution in [1.29, 1.82) is 0 Å². The number of carbonyl (C=O) groups is 1. The van der Waals surface area contributed by atoms with Gasteiger partial charge in [0, 0.05) is 42.4 Å². The van der Waals surface area contributed by atoms with Crippen molar-refractivity contribution in [2.24, 2.45) is 0 Å². The molecule has 2 unspecified atom stereocenters. The van der Waals surface area contributed by atoms with Gasteiger partial charge in [-0.3, -0.25) is 4.72 Å². The highest BCUT2D eigenvalue weighted by molar-refractivity contribution is 7.92. The third-order valence-electron chi connectivity index (χ3n) is 5.93. The van der Waals surface area contributed by atoms with Gasteiger partial charge in [-0.1, -0.05) is 0 Å². The van der Waals surface area contributed by atoms with E-state index in [0.717, 1.165) is 47.3 Å². The maximum absolute atomic E-state index is 12.1. The summed E-state index contributed by atoms with van der Waals surface area (Å²) >= 11 is 0. The molecule has 0 radical (unpaired) electrons. The van der Waals surface area contributed by atoms with Gasteiger partial charge in [0.2, 0.25) is 10.0 Å². The predicted octanol–water partition coefficient (Wildman–Crippen LogP) is 3.01. The molecule has 10 heteroatoms. The second-order valence-corrected chi connectivity index (χ2v) is 10.0. The Labute approximate surface area is 193 Å². The minimum Gasteiger partial charge on any atom is -0.490 e. The molecule has 2 N–H and O–H groups in total. The van der Waals surface area contributed by atoms with Gasteiger partial charge in [-0.05, 0) is 56.2 Å². The molecule has 1 fully saturated rings. The van der Waals surface area contributed by atoms with Crippen LogP contribution in [0.5, 0.6) is 5.75 Å². The minimum absolute atomic E-state index is 0.139. The van der Waals surface area contributed by atoms with Crippen LogP contribution in [0.25, 0.3) is 10.9 Å². The van der Waals surface area contributed by atoms with Crippen LogP contribution in [0.3, 0.4) is 0 Å². The molecule has 0 saturated carbocycles. The molecule has 1 aliphatic rings. The van der Waals surface area contributed by atoms with E-state index in [1.54, 1.807) is 18.3 Å². The molecule has 1 aromatic carbocycles. The fourth-order valence-electron chi connectivity index (χ4n) is 4.40. The largest absolute Gasteiger partial charge is 0.490 e. The monoisotopic (exact) mass is 471 g/mol. The van der Waals surface area contributed by atoms with Gasteiger partial charge in [-0.2, -0.15) is 0 Å². The molecule has 0 spiro atoms. The summed E-state index contributed by atoms with van der Waals surface area (Å²) in [6, 6.07) is 10.9. The van der Waals surface area contributed by atoms with Crippen LogP contribution in [-0.4, -0.2) is 63.2 Å². The molecular weight excluding hydrogens is 442 g/mol. The van der Waals surface area contributed by atoms with Crippen LogP contribution < -0.4 is 19.3 Å². The van der Waals surface area contributed by atoms with Crippen molar-refractivity contribution in [3.63, 3.8) is 0 Å². The SMILES string of the molecule is CCOc1cccnc1N(C)C1CCN(c2cc3cc(NS(C)(=O)=O)ccc3[nH]2)C(C=O)C1.